The Kier molecular flexibility index (Phi) is 4.55. The second-order valence-electron chi connectivity index (χ2n) is 4.96. The van der Waals surface area contributed by atoms with Crippen LogP contribution in [0.4, 0.5) is 4.39 Å². The van der Waals surface area contributed by atoms with Gasteiger partial charge < -0.3 is 9.84 Å². The van der Waals surface area contributed by atoms with Crippen molar-refractivity contribution in [1.82, 2.24) is 4.90 Å². The van der Waals surface area contributed by atoms with E-state index in [1.807, 2.05) is 7.05 Å². The molecule has 1 saturated heterocycles. The molecule has 2 rings (SSSR count). The summed E-state index contributed by atoms with van der Waals surface area (Å²) in [6, 6.07) is 4.05. The van der Waals surface area contributed by atoms with Gasteiger partial charge in [-0.25, -0.2) is 4.39 Å². The molecule has 0 aromatic heterocycles. The number of aromatic hydroxyl groups is 1. The Balaban J connectivity index is 1.89. The smallest absolute Gasteiger partial charge is 0.123 e. The van der Waals surface area contributed by atoms with Crippen LogP contribution in [0.3, 0.4) is 0 Å². The van der Waals surface area contributed by atoms with Crippen molar-refractivity contribution in [2.45, 2.75) is 31.9 Å². The lowest BCUT2D eigenvalue weighted by atomic mass is 10.1. The molecule has 1 aliphatic rings. The highest BCUT2D eigenvalue weighted by molar-refractivity contribution is 5.32. The lowest BCUT2D eigenvalue weighted by molar-refractivity contribution is -0.00268. The van der Waals surface area contributed by atoms with E-state index >= 15 is 0 Å². The van der Waals surface area contributed by atoms with E-state index in [9.17, 15) is 9.50 Å². The summed E-state index contributed by atoms with van der Waals surface area (Å²) >= 11 is 0. The number of likely N-dealkylation sites (N-methyl/N-ethyl adjacent to an activating group) is 1. The number of halogens is 1. The van der Waals surface area contributed by atoms with E-state index in [-0.39, 0.29) is 17.7 Å². The maximum absolute atomic E-state index is 13.1. The molecule has 1 heterocycles. The van der Waals surface area contributed by atoms with Gasteiger partial charge in [-0.05, 0) is 44.5 Å². The fraction of sp³-hybridized carbons (Fsp3) is 0.571. The molecule has 0 spiro atoms. The SMILES string of the molecule is CN(Cc1cc(F)ccc1O)CC1CCCCO1. The standard InChI is InChI=1S/C14H20FNO2/c1-16(10-13-4-2-3-7-18-13)9-11-8-12(15)5-6-14(11)17/h5-6,8,13,17H,2-4,7,9-10H2,1H3. The monoisotopic (exact) mass is 253 g/mol. The Labute approximate surface area is 107 Å². The van der Waals surface area contributed by atoms with Gasteiger partial charge in [0, 0.05) is 25.3 Å². The van der Waals surface area contributed by atoms with Crippen LogP contribution in [0.2, 0.25) is 0 Å². The number of hydrogen-bond donors (Lipinski definition) is 1. The second-order valence-corrected chi connectivity index (χ2v) is 4.96. The molecule has 0 amide bonds. The lowest BCUT2D eigenvalue weighted by Gasteiger charge is -2.27. The zero-order valence-corrected chi connectivity index (χ0v) is 10.7. The molecule has 0 aliphatic carbocycles. The molecule has 1 fully saturated rings. The van der Waals surface area contributed by atoms with Crippen molar-refractivity contribution in [3.05, 3.63) is 29.6 Å². The van der Waals surface area contributed by atoms with E-state index in [2.05, 4.69) is 4.90 Å². The zero-order chi connectivity index (χ0) is 13.0. The van der Waals surface area contributed by atoms with Crippen molar-refractivity contribution >= 4 is 0 Å². The zero-order valence-electron chi connectivity index (χ0n) is 10.7. The van der Waals surface area contributed by atoms with Crippen molar-refractivity contribution in [1.29, 1.82) is 0 Å². The Morgan fingerprint density at radius 2 is 2.28 bits per heavy atom. The fourth-order valence-corrected chi connectivity index (χ4v) is 2.34. The molecule has 18 heavy (non-hydrogen) atoms. The number of ether oxygens (including phenoxy) is 1. The number of hydrogen-bond acceptors (Lipinski definition) is 3. The third-order valence-corrected chi connectivity index (χ3v) is 3.27. The molecule has 1 aromatic carbocycles. The Morgan fingerprint density at radius 1 is 1.44 bits per heavy atom. The van der Waals surface area contributed by atoms with Crippen molar-refractivity contribution in [2.75, 3.05) is 20.2 Å². The second kappa shape index (κ2) is 6.16. The van der Waals surface area contributed by atoms with Crippen LogP contribution >= 0.6 is 0 Å². The highest BCUT2D eigenvalue weighted by atomic mass is 19.1. The first-order valence-electron chi connectivity index (χ1n) is 6.42. The molecule has 4 heteroatoms. The molecule has 3 nitrogen and oxygen atoms in total. The van der Waals surface area contributed by atoms with E-state index < -0.39 is 0 Å². The van der Waals surface area contributed by atoms with E-state index in [0.29, 0.717) is 12.1 Å². The molecule has 100 valence electrons. The van der Waals surface area contributed by atoms with Crippen LogP contribution in [0, 0.1) is 5.82 Å². The molecular formula is C14H20FNO2. The van der Waals surface area contributed by atoms with Gasteiger partial charge in [-0.1, -0.05) is 0 Å². The third-order valence-electron chi connectivity index (χ3n) is 3.27. The van der Waals surface area contributed by atoms with E-state index in [1.54, 1.807) is 0 Å². The number of rotatable bonds is 4. The maximum atomic E-state index is 13.1. The number of nitrogens with zero attached hydrogens (tertiary/aromatic N) is 1. The van der Waals surface area contributed by atoms with Crippen molar-refractivity contribution in [2.24, 2.45) is 0 Å². The Bertz CT molecular complexity index is 391. The highest BCUT2D eigenvalue weighted by Crippen LogP contribution is 2.20. The van der Waals surface area contributed by atoms with Gasteiger partial charge in [-0.2, -0.15) is 0 Å². The first kappa shape index (κ1) is 13.3. The van der Waals surface area contributed by atoms with Gasteiger partial charge in [0.2, 0.25) is 0 Å². The van der Waals surface area contributed by atoms with Gasteiger partial charge >= 0.3 is 0 Å². The predicted octanol–water partition coefficient (Wildman–Crippen LogP) is 2.53. The molecule has 1 unspecified atom stereocenters. The van der Waals surface area contributed by atoms with Crippen molar-refractivity contribution in [3.63, 3.8) is 0 Å². The van der Waals surface area contributed by atoms with Gasteiger partial charge in [0.15, 0.2) is 0 Å². The average Bonchev–Trinajstić information content (AvgIpc) is 2.35. The largest absolute Gasteiger partial charge is 0.508 e. The Morgan fingerprint density at radius 3 is 3.00 bits per heavy atom. The summed E-state index contributed by atoms with van der Waals surface area (Å²) < 4.78 is 18.8. The topological polar surface area (TPSA) is 32.7 Å². The van der Waals surface area contributed by atoms with Crippen LogP contribution in [0.15, 0.2) is 18.2 Å². The molecular weight excluding hydrogens is 233 g/mol. The van der Waals surface area contributed by atoms with Crippen LogP contribution in [-0.2, 0) is 11.3 Å². The Hall–Kier alpha value is -1.13. The molecule has 0 radical (unpaired) electrons. The molecule has 0 bridgehead atoms. The molecule has 1 aromatic rings. The van der Waals surface area contributed by atoms with Gasteiger partial charge in [-0.15, -0.1) is 0 Å². The van der Waals surface area contributed by atoms with Gasteiger partial charge in [0.05, 0.1) is 6.10 Å². The molecule has 1 N–H and O–H groups in total. The van der Waals surface area contributed by atoms with Crippen molar-refractivity contribution < 1.29 is 14.2 Å². The van der Waals surface area contributed by atoms with Gasteiger partial charge in [0.1, 0.15) is 11.6 Å². The van der Waals surface area contributed by atoms with Crippen LogP contribution in [0.25, 0.3) is 0 Å². The van der Waals surface area contributed by atoms with E-state index in [4.69, 9.17) is 4.74 Å². The first-order valence-corrected chi connectivity index (χ1v) is 6.42. The summed E-state index contributed by atoms with van der Waals surface area (Å²) in [7, 11) is 1.96. The summed E-state index contributed by atoms with van der Waals surface area (Å²) in [4.78, 5) is 2.06. The molecule has 1 atom stereocenters. The molecule has 0 saturated carbocycles. The highest BCUT2D eigenvalue weighted by Gasteiger charge is 2.16. The minimum absolute atomic E-state index is 0.146. The summed E-state index contributed by atoms with van der Waals surface area (Å²) in [5.74, 6) is -0.169. The third kappa shape index (κ3) is 3.68. The summed E-state index contributed by atoms with van der Waals surface area (Å²) in [6.45, 7) is 2.18. The average molecular weight is 253 g/mol. The van der Waals surface area contributed by atoms with Gasteiger partial charge in [-0.3, -0.25) is 4.90 Å². The predicted molar refractivity (Wildman–Crippen MR) is 68.0 cm³/mol. The summed E-state index contributed by atoms with van der Waals surface area (Å²) in [5, 5.41) is 9.67. The minimum Gasteiger partial charge on any atom is -0.508 e. The number of phenolic OH excluding ortho intramolecular Hbond substituents is 1. The minimum atomic E-state index is -0.315. The van der Waals surface area contributed by atoms with Crippen LogP contribution in [0.5, 0.6) is 5.75 Å². The van der Waals surface area contributed by atoms with E-state index in [0.717, 1.165) is 26.0 Å². The summed E-state index contributed by atoms with van der Waals surface area (Å²) in [5.41, 5.74) is 0.619. The van der Waals surface area contributed by atoms with Crippen LogP contribution in [0.1, 0.15) is 24.8 Å². The first-order chi connectivity index (χ1) is 8.65. The van der Waals surface area contributed by atoms with Gasteiger partial charge in [0.25, 0.3) is 0 Å². The summed E-state index contributed by atoms with van der Waals surface area (Å²) in [6.07, 6.45) is 3.70. The van der Waals surface area contributed by atoms with E-state index in [1.165, 1.54) is 24.6 Å². The number of benzene rings is 1. The molecule has 1 aliphatic heterocycles. The fourth-order valence-electron chi connectivity index (χ4n) is 2.34. The lowest BCUT2D eigenvalue weighted by Crippen LogP contribution is -2.33. The van der Waals surface area contributed by atoms with Crippen LogP contribution in [-0.4, -0.2) is 36.3 Å². The number of phenols is 1. The maximum Gasteiger partial charge on any atom is 0.123 e. The quantitative estimate of drug-likeness (QED) is 0.895. The van der Waals surface area contributed by atoms with Crippen LogP contribution < -0.4 is 0 Å². The van der Waals surface area contributed by atoms with Crippen molar-refractivity contribution in [3.8, 4) is 5.75 Å². The normalized spacial score (nSPS) is 20.3.